The Balaban J connectivity index is 0.00000533. The molecule has 0 spiro atoms. The van der Waals surface area contributed by atoms with Gasteiger partial charge in [-0.25, -0.2) is 4.39 Å². The number of carbonyl (C=O) groups is 1. The summed E-state index contributed by atoms with van der Waals surface area (Å²) < 4.78 is 37.6. The molecule has 1 aliphatic heterocycles. The van der Waals surface area contributed by atoms with Crippen LogP contribution in [0.4, 0.5) is 10.1 Å². The normalized spacial score (nSPS) is 13.5. The lowest BCUT2D eigenvalue weighted by atomic mass is 9.84. The van der Waals surface area contributed by atoms with Crippen LogP contribution in [0.15, 0.2) is 18.2 Å². The highest BCUT2D eigenvalue weighted by atomic mass is 79.9. The average molecular weight is 611 g/mol. The Morgan fingerprint density at radius 1 is 1.13 bits per heavy atom. The highest BCUT2D eigenvalue weighted by Gasteiger charge is 2.33. The van der Waals surface area contributed by atoms with Crippen LogP contribution in [0.25, 0.3) is 0 Å². The smallest absolute Gasteiger partial charge is 0.197 e. The minimum Gasteiger partial charge on any atom is -0.494 e. The van der Waals surface area contributed by atoms with Gasteiger partial charge < -0.3 is 29.2 Å². The summed E-state index contributed by atoms with van der Waals surface area (Å²) in [5.41, 5.74) is 2.50. The van der Waals surface area contributed by atoms with Crippen LogP contribution in [-0.4, -0.2) is 63.1 Å². The molecule has 0 radical (unpaired) electrons. The predicted molar refractivity (Wildman–Crippen MR) is 157 cm³/mol. The number of benzene rings is 2. The number of nitrogens with zero attached hydrogens (tertiary/aromatic N) is 1. The molecule has 2 aromatic rings. The molecule has 2 N–H and O–H groups in total. The van der Waals surface area contributed by atoms with Gasteiger partial charge in [-0.3, -0.25) is 10.2 Å². The molecule has 1 unspecified atom stereocenters. The summed E-state index contributed by atoms with van der Waals surface area (Å²) in [5, 5.41) is 12.1. The van der Waals surface area contributed by atoms with Gasteiger partial charge in [0.15, 0.2) is 23.1 Å². The second-order valence-corrected chi connectivity index (χ2v) is 10.4. The summed E-state index contributed by atoms with van der Waals surface area (Å²) in [6, 6.07) is 5.31. The molecule has 10 heteroatoms. The summed E-state index contributed by atoms with van der Waals surface area (Å²) in [7, 11) is 3.25. The maximum Gasteiger partial charge on any atom is 0.197 e. The number of amidine groups is 1. The molecule has 0 aliphatic carbocycles. The van der Waals surface area contributed by atoms with Gasteiger partial charge in [-0.2, -0.15) is 0 Å². The molecular formula is C29H41BrFN3O5. The van der Waals surface area contributed by atoms with E-state index in [1.807, 2.05) is 19.9 Å². The van der Waals surface area contributed by atoms with Crippen LogP contribution in [0.3, 0.4) is 0 Å². The van der Waals surface area contributed by atoms with E-state index in [4.69, 9.17) is 24.4 Å². The number of nitrogens with one attached hydrogen (secondary N) is 2. The van der Waals surface area contributed by atoms with Crippen molar-refractivity contribution in [2.24, 2.45) is 0 Å². The highest BCUT2D eigenvalue weighted by Crippen LogP contribution is 2.40. The first kappa shape index (κ1) is 32.4. The Labute approximate surface area is 241 Å². The number of ketones is 1. The van der Waals surface area contributed by atoms with E-state index in [9.17, 15) is 4.79 Å². The second kappa shape index (κ2) is 13.5. The predicted octanol–water partition coefficient (Wildman–Crippen LogP) is 5.98. The van der Waals surface area contributed by atoms with Crippen molar-refractivity contribution in [2.45, 2.75) is 59.5 Å². The van der Waals surface area contributed by atoms with Gasteiger partial charge in [0.25, 0.3) is 0 Å². The van der Waals surface area contributed by atoms with Crippen molar-refractivity contribution >= 4 is 34.3 Å². The van der Waals surface area contributed by atoms with E-state index in [0.29, 0.717) is 41.5 Å². The van der Waals surface area contributed by atoms with Crippen molar-refractivity contribution in [3.05, 3.63) is 46.3 Å². The van der Waals surface area contributed by atoms with Gasteiger partial charge in [0, 0.05) is 30.8 Å². The van der Waals surface area contributed by atoms with Crippen molar-refractivity contribution in [1.82, 2.24) is 4.90 Å². The summed E-state index contributed by atoms with van der Waals surface area (Å²) in [4.78, 5) is 15.2. The van der Waals surface area contributed by atoms with E-state index < -0.39 is 5.82 Å². The van der Waals surface area contributed by atoms with Crippen molar-refractivity contribution in [1.29, 1.82) is 5.41 Å². The topological polar surface area (TPSA) is 93.1 Å². The zero-order chi connectivity index (χ0) is 28.2. The zero-order valence-corrected chi connectivity index (χ0v) is 25.8. The maximum absolute atomic E-state index is 15.4. The van der Waals surface area contributed by atoms with Crippen molar-refractivity contribution in [2.75, 3.05) is 45.9 Å². The Morgan fingerprint density at radius 3 is 2.36 bits per heavy atom. The number of Topliss-reactive ketones (excluding diaryl/α,β-unsaturated/α-hetero) is 1. The third kappa shape index (κ3) is 7.03. The summed E-state index contributed by atoms with van der Waals surface area (Å²) in [6.07, 6.45) is 0. The number of methoxy groups -OCH3 is 2. The molecule has 216 valence electrons. The number of fused-ring (bicyclic) bond motifs is 1. The first-order valence-electron chi connectivity index (χ1n) is 12.9. The molecular weight excluding hydrogens is 569 g/mol. The number of halogens is 2. The molecule has 1 heterocycles. The maximum atomic E-state index is 15.4. The van der Waals surface area contributed by atoms with E-state index in [-0.39, 0.29) is 71.1 Å². The van der Waals surface area contributed by atoms with Crippen molar-refractivity contribution in [3.8, 4) is 17.2 Å². The van der Waals surface area contributed by atoms with Gasteiger partial charge >= 0.3 is 0 Å². The first-order chi connectivity index (χ1) is 18.0. The molecule has 0 saturated heterocycles. The number of carbonyl (C=O) groups excluding carboxylic acids is 1. The molecule has 0 aromatic heterocycles. The highest BCUT2D eigenvalue weighted by molar-refractivity contribution is 8.93. The zero-order valence-electron chi connectivity index (χ0n) is 24.1. The monoisotopic (exact) mass is 609 g/mol. The Kier molecular flexibility index (Phi) is 11.2. The number of rotatable bonds is 12. The lowest BCUT2D eigenvalue weighted by molar-refractivity contribution is 0.0962. The van der Waals surface area contributed by atoms with Crippen LogP contribution in [-0.2, 0) is 16.7 Å². The average Bonchev–Trinajstić information content (AvgIpc) is 3.15. The minimum atomic E-state index is -0.633. The minimum absolute atomic E-state index is 0. The molecule has 8 nitrogen and oxygen atoms in total. The molecule has 1 aliphatic rings. The third-order valence-electron chi connectivity index (χ3n) is 6.35. The van der Waals surface area contributed by atoms with Gasteiger partial charge in [-0.05, 0) is 49.9 Å². The molecule has 3 rings (SSSR count). The van der Waals surface area contributed by atoms with Crippen molar-refractivity contribution < 1.29 is 28.1 Å². The first-order valence-corrected chi connectivity index (χ1v) is 12.9. The Morgan fingerprint density at radius 2 is 1.79 bits per heavy atom. The molecule has 0 fully saturated rings. The second-order valence-electron chi connectivity index (χ2n) is 10.4. The van der Waals surface area contributed by atoms with Crippen molar-refractivity contribution in [3.63, 3.8) is 0 Å². The van der Waals surface area contributed by atoms with Gasteiger partial charge in [0.05, 0.1) is 44.7 Å². The number of hydrogen-bond donors (Lipinski definition) is 2. The quantitative estimate of drug-likeness (QED) is 0.286. The number of anilines is 1. The van der Waals surface area contributed by atoms with E-state index in [2.05, 4.69) is 26.1 Å². The van der Waals surface area contributed by atoms with E-state index in [0.717, 1.165) is 5.56 Å². The lowest BCUT2D eigenvalue weighted by Crippen LogP contribution is -2.31. The Bertz CT molecular complexity index is 1200. The molecule has 0 amide bonds. The van der Waals surface area contributed by atoms with E-state index >= 15 is 4.39 Å². The number of ether oxygens (including phenoxy) is 4. The molecule has 0 bridgehead atoms. The van der Waals surface area contributed by atoms with Crippen LogP contribution in [0, 0.1) is 11.2 Å². The van der Waals surface area contributed by atoms with Gasteiger partial charge in [0.2, 0.25) is 0 Å². The fourth-order valence-corrected chi connectivity index (χ4v) is 4.65. The largest absolute Gasteiger partial charge is 0.494 e. The molecule has 2 aromatic carbocycles. The Hall–Kier alpha value is -2.85. The SMILES string of the molecule is Br.CCOc1cc2c(c(F)c1OCC)C(=N)N(CC(=O)c1cc(NC(C)COC)c(OC)c(C(C)(C)C)c1)C2. The van der Waals surface area contributed by atoms with Gasteiger partial charge in [-0.1, -0.05) is 20.8 Å². The third-order valence-corrected chi connectivity index (χ3v) is 6.35. The van der Waals surface area contributed by atoms with E-state index in [1.165, 1.54) is 0 Å². The summed E-state index contributed by atoms with van der Waals surface area (Å²) in [5.74, 6) is 0.104. The number of hydrogen-bond acceptors (Lipinski definition) is 7. The van der Waals surface area contributed by atoms with Gasteiger partial charge in [-0.15, -0.1) is 17.0 Å². The van der Waals surface area contributed by atoms with Crippen LogP contribution in [0.5, 0.6) is 17.2 Å². The van der Waals surface area contributed by atoms with Crippen LogP contribution >= 0.6 is 17.0 Å². The van der Waals surface area contributed by atoms with Crippen LogP contribution < -0.4 is 19.5 Å². The lowest BCUT2D eigenvalue weighted by Gasteiger charge is -2.27. The molecule has 39 heavy (non-hydrogen) atoms. The summed E-state index contributed by atoms with van der Waals surface area (Å²) in [6.45, 7) is 13.0. The fraction of sp³-hybridized carbons (Fsp3) is 0.517. The fourth-order valence-electron chi connectivity index (χ4n) is 4.65. The van der Waals surface area contributed by atoms with Crippen LogP contribution in [0.2, 0.25) is 0 Å². The molecule has 1 atom stereocenters. The standard InChI is InChI=1S/C29H40FN3O5.BrH/c1-9-37-23-13-19-14-33(28(31)24(19)25(30)27(23)38-10-2)15-22(34)18-11-20(29(4,5)6)26(36-8)21(12-18)32-17(3)16-35-7;/h11-13,17,31-32H,9-10,14-16H2,1-8H3;1H. The van der Waals surface area contributed by atoms with Gasteiger partial charge in [0.1, 0.15) is 11.6 Å². The summed E-state index contributed by atoms with van der Waals surface area (Å²) >= 11 is 0. The molecule has 0 saturated carbocycles. The van der Waals surface area contributed by atoms with Crippen LogP contribution in [0.1, 0.15) is 68.6 Å². The van der Waals surface area contributed by atoms with E-state index in [1.54, 1.807) is 38.2 Å².